The van der Waals surface area contributed by atoms with Gasteiger partial charge < -0.3 is 15.0 Å². The molecule has 6 heteroatoms. The van der Waals surface area contributed by atoms with Gasteiger partial charge in [0.25, 0.3) is 0 Å². The summed E-state index contributed by atoms with van der Waals surface area (Å²) in [6, 6.07) is 5.67. The third-order valence-corrected chi connectivity index (χ3v) is 4.29. The van der Waals surface area contributed by atoms with Crippen molar-refractivity contribution in [2.24, 2.45) is 10.4 Å². The Morgan fingerprint density at radius 1 is 1.38 bits per heavy atom. The number of hydrogen-bond acceptors (Lipinski definition) is 2. The molecule has 0 unspecified atom stereocenters. The Hall–Kier alpha value is -0.970. The fourth-order valence-electron chi connectivity index (χ4n) is 2.22. The second kappa shape index (κ2) is 6.86. The predicted molar refractivity (Wildman–Crippen MR) is 88.2 cm³/mol. The maximum atomic E-state index is 6.05. The molecule has 1 aliphatic rings. The van der Waals surface area contributed by atoms with Gasteiger partial charge in [-0.05, 0) is 17.7 Å². The minimum absolute atomic E-state index is 0.209. The first-order valence-corrected chi connectivity index (χ1v) is 7.62. The lowest BCUT2D eigenvalue weighted by molar-refractivity contribution is -0.0972. The molecule has 1 aromatic carbocycles. The van der Waals surface area contributed by atoms with E-state index in [0.29, 0.717) is 16.6 Å². The summed E-state index contributed by atoms with van der Waals surface area (Å²) in [7, 11) is 3.78. The highest BCUT2D eigenvalue weighted by Gasteiger charge is 2.33. The molecule has 0 bridgehead atoms. The predicted octanol–water partition coefficient (Wildman–Crippen LogP) is 3.04. The van der Waals surface area contributed by atoms with Crippen LogP contribution in [0.4, 0.5) is 0 Å². The van der Waals surface area contributed by atoms with Gasteiger partial charge in [0.1, 0.15) is 0 Å². The van der Waals surface area contributed by atoms with Crippen molar-refractivity contribution in [3.8, 4) is 0 Å². The first-order chi connectivity index (χ1) is 9.93. The maximum Gasteiger partial charge on any atom is 0.193 e. The monoisotopic (exact) mass is 329 g/mol. The number of nitrogens with zero attached hydrogens (tertiary/aromatic N) is 2. The first-order valence-electron chi connectivity index (χ1n) is 6.87. The van der Waals surface area contributed by atoms with E-state index in [1.54, 1.807) is 7.05 Å². The number of nitrogens with one attached hydrogen (secondary N) is 1. The number of aliphatic imine (C=N–C) groups is 1. The third-order valence-electron chi connectivity index (χ3n) is 3.55. The highest BCUT2D eigenvalue weighted by molar-refractivity contribution is 6.42. The highest BCUT2D eigenvalue weighted by Crippen LogP contribution is 2.25. The van der Waals surface area contributed by atoms with Crippen molar-refractivity contribution in [3.05, 3.63) is 33.8 Å². The minimum Gasteiger partial charge on any atom is -0.380 e. The molecule has 4 nitrogen and oxygen atoms in total. The van der Waals surface area contributed by atoms with Crippen LogP contribution in [-0.2, 0) is 11.3 Å². The van der Waals surface area contributed by atoms with E-state index in [1.165, 1.54) is 0 Å². The molecule has 0 amide bonds. The summed E-state index contributed by atoms with van der Waals surface area (Å²) in [5, 5.41) is 4.54. The summed E-state index contributed by atoms with van der Waals surface area (Å²) >= 11 is 12.0. The zero-order valence-electron chi connectivity index (χ0n) is 12.6. The van der Waals surface area contributed by atoms with Crippen LogP contribution in [0.2, 0.25) is 10.0 Å². The summed E-state index contributed by atoms with van der Waals surface area (Å²) in [6.07, 6.45) is 0. The molecular weight excluding hydrogens is 309 g/mol. The van der Waals surface area contributed by atoms with Gasteiger partial charge >= 0.3 is 0 Å². The van der Waals surface area contributed by atoms with Crippen LogP contribution >= 0.6 is 23.2 Å². The van der Waals surface area contributed by atoms with Crippen LogP contribution in [0.25, 0.3) is 0 Å². The molecule has 0 atom stereocenters. The smallest absolute Gasteiger partial charge is 0.193 e. The molecule has 21 heavy (non-hydrogen) atoms. The third kappa shape index (κ3) is 4.25. The van der Waals surface area contributed by atoms with Gasteiger partial charge in [-0.15, -0.1) is 0 Å². The molecule has 116 valence electrons. The van der Waals surface area contributed by atoms with Gasteiger partial charge in [-0.2, -0.15) is 0 Å². The molecule has 1 N–H and O–H groups in total. The molecule has 0 radical (unpaired) electrons. The molecule has 2 rings (SSSR count). The number of ether oxygens (including phenoxy) is 1. The van der Waals surface area contributed by atoms with Crippen LogP contribution < -0.4 is 5.32 Å². The standard InChI is InChI=1S/C15H21Cl2N3O/c1-15(9-21-10-15)8-19-14(18-2)20(3)7-11-4-5-12(16)13(17)6-11/h4-6H,7-10H2,1-3H3,(H,18,19). The van der Waals surface area contributed by atoms with Gasteiger partial charge in [-0.3, -0.25) is 4.99 Å². The van der Waals surface area contributed by atoms with Crippen molar-refractivity contribution in [1.82, 2.24) is 10.2 Å². The van der Waals surface area contributed by atoms with E-state index in [9.17, 15) is 0 Å². The topological polar surface area (TPSA) is 36.9 Å². The molecule has 1 saturated heterocycles. The molecule has 0 spiro atoms. The van der Waals surface area contributed by atoms with Gasteiger partial charge in [-0.25, -0.2) is 0 Å². The van der Waals surface area contributed by atoms with Crippen molar-refractivity contribution < 1.29 is 4.74 Å². The van der Waals surface area contributed by atoms with Crippen molar-refractivity contribution in [3.63, 3.8) is 0 Å². The number of guanidine groups is 1. The lowest BCUT2D eigenvalue weighted by Crippen LogP contribution is -2.51. The molecule has 1 aromatic rings. The van der Waals surface area contributed by atoms with E-state index >= 15 is 0 Å². The van der Waals surface area contributed by atoms with Crippen LogP contribution in [0.3, 0.4) is 0 Å². The van der Waals surface area contributed by atoms with Crippen LogP contribution in [0, 0.1) is 5.41 Å². The molecular formula is C15H21Cl2N3O. The molecule has 1 heterocycles. The average Bonchev–Trinajstić information content (AvgIpc) is 2.41. The quantitative estimate of drug-likeness (QED) is 0.681. The maximum absolute atomic E-state index is 6.05. The summed E-state index contributed by atoms with van der Waals surface area (Å²) in [5.74, 6) is 0.856. The normalized spacial score (nSPS) is 17.3. The zero-order chi connectivity index (χ0) is 15.5. The SMILES string of the molecule is CN=C(NCC1(C)COC1)N(C)Cc1ccc(Cl)c(Cl)c1. The van der Waals surface area contributed by atoms with Crippen LogP contribution in [0.15, 0.2) is 23.2 Å². The summed E-state index contributed by atoms with van der Waals surface area (Å²) in [4.78, 5) is 6.38. The van der Waals surface area contributed by atoms with Gasteiger partial charge in [0.15, 0.2) is 5.96 Å². The fourth-order valence-corrected chi connectivity index (χ4v) is 2.54. The molecule has 0 aliphatic carbocycles. The Morgan fingerprint density at radius 2 is 2.10 bits per heavy atom. The number of halogens is 2. The molecule has 0 saturated carbocycles. The first kappa shape index (κ1) is 16.4. The second-order valence-electron chi connectivity index (χ2n) is 5.81. The Morgan fingerprint density at radius 3 is 2.62 bits per heavy atom. The van der Waals surface area contributed by atoms with Gasteiger partial charge in [0.05, 0.1) is 23.3 Å². The minimum atomic E-state index is 0.209. The van der Waals surface area contributed by atoms with E-state index in [4.69, 9.17) is 27.9 Å². The van der Waals surface area contributed by atoms with Crippen LogP contribution in [0.1, 0.15) is 12.5 Å². The lowest BCUT2D eigenvalue weighted by atomic mass is 9.89. The number of rotatable bonds is 4. The average molecular weight is 330 g/mol. The van der Waals surface area contributed by atoms with Gasteiger partial charge in [-0.1, -0.05) is 36.2 Å². The highest BCUT2D eigenvalue weighted by atomic mass is 35.5. The van der Waals surface area contributed by atoms with E-state index in [0.717, 1.165) is 31.3 Å². The Balaban J connectivity index is 1.93. The number of benzene rings is 1. The fraction of sp³-hybridized carbons (Fsp3) is 0.533. The van der Waals surface area contributed by atoms with Gasteiger partial charge in [0, 0.05) is 32.6 Å². The van der Waals surface area contributed by atoms with E-state index in [1.807, 2.05) is 25.2 Å². The van der Waals surface area contributed by atoms with E-state index in [2.05, 4.69) is 22.1 Å². The van der Waals surface area contributed by atoms with Crippen molar-refractivity contribution in [2.75, 3.05) is 33.9 Å². The van der Waals surface area contributed by atoms with E-state index in [-0.39, 0.29) is 5.41 Å². The van der Waals surface area contributed by atoms with Crippen molar-refractivity contribution in [1.29, 1.82) is 0 Å². The largest absolute Gasteiger partial charge is 0.380 e. The second-order valence-corrected chi connectivity index (χ2v) is 6.62. The Kier molecular flexibility index (Phi) is 5.36. The van der Waals surface area contributed by atoms with Crippen LogP contribution in [0.5, 0.6) is 0 Å². The molecule has 0 aromatic heterocycles. The van der Waals surface area contributed by atoms with Gasteiger partial charge in [0.2, 0.25) is 0 Å². The lowest BCUT2D eigenvalue weighted by Gasteiger charge is -2.39. The molecule has 1 aliphatic heterocycles. The van der Waals surface area contributed by atoms with Crippen molar-refractivity contribution >= 4 is 29.2 Å². The van der Waals surface area contributed by atoms with Crippen LogP contribution in [-0.4, -0.2) is 44.7 Å². The summed E-state index contributed by atoms with van der Waals surface area (Å²) < 4.78 is 5.26. The summed E-state index contributed by atoms with van der Waals surface area (Å²) in [6.45, 7) is 5.37. The summed E-state index contributed by atoms with van der Waals surface area (Å²) in [5.41, 5.74) is 1.30. The zero-order valence-corrected chi connectivity index (χ0v) is 14.1. The van der Waals surface area contributed by atoms with Crippen molar-refractivity contribution in [2.45, 2.75) is 13.5 Å². The van der Waals surface area contributed by atoms with E-state index < -0.39 is 0 Å². The number of hydrogen-bond donors (Lipinski definition) is 1. The molecule has 1 fully saturated rings. The Labute approximate surface area is 136 Å². The Bertz CT molecular complexity index is 530.